The fourth-order valence-electron chi connectivity index (χ4n) is 4.89. The van der Waals surface area contributed by atoms with E-state index in [0.717, 1.165) is 0 Å². The SMILES string of the molecule is CC(C)(C)P(=[N-])(N=P(C(C)(C)C)(C(C)(C)C)C(C)(C)C)C(C)(C)C.[CH3-].[CH3-].[CH3-].[Ti+4]. The summed E-state index contributed by atoms with van der Waals surface area (Å²) in [6, 6.07) is 0. The first-order chi connectivity index (χ1) is 9.96. The van der Waals surface area contributed by atoms with Crippen LogP contribution in [0.5, 0.6) is 0 Å². The Morgan fingerprint density at radius 3 is 0.750 bits per heavy atom. The Labute approximate surface area is 197 Å². The fourth-order valence-corrected chi connectivity index (χ4v) is 19.9. The maximum absolute atomic E-state index is 12.1. The second kappa shape index (κ2) is 10.7. The Bertz CT molecular complexity index is 497. The van der Waals surface area contributed by atoms with Gasteiger partial charge in [-0.1, -0.05) is 104 Å². The monoisotopic (exact) mass is 468 g/mol. The van der Waals surface area contributed by atoms with Crippen molar-refractivity contribution in [3.05, 3.63) is 27.4 Å². The zero-order valence-electron chi connectivity index (χ0n) is 22.8. The first-order valence-electron chi connectivity index (χ1n) is 9.22. The summed E-state index contributed by atoms with van der Waals surface area (Å²) < 4.78 is 5.67. The largest absolute Gasteiger partial charge is 4.00 e. The number of nitrogens with zero attached hydrogens (tertiary/aromatic N) is 2. The van der Waals surface area contributed by atoms with Crippen molar-refractivity contribution in [1.82, 2.24) is 0 Å². The van der Waals surface area contributed by atoms with E-state index in [2.05, 4.69) is 104 Å². The summed E-state index contributed by atoms with van der Waals surface area (Å²) in [7, 11) is -4.51. The molecule has 0 spiro atoms. The molecule has 0 saturated carbocycles. The molecule has 0 heterocycles. The summed E-state index contributed by atoms with van der Waals surface area (Å²) in [5.74, 6) is 0. The molecule has 5 heteroatoms. The van der Waals surface area contributed by atoms with Crippen molar-refractivity contribution in [3.63, 3.8) is 0 Å². The van der Waals surface area contributed by atoms with Gasteiger partial charge in [-0.3, -0.25) is 0 Å². The van der Waals surface area contributed by atoms with E-state index in [1.165, 1.54) is 0 Å². The Kier molecular flexibility index (Phi) is 15.1. The molecule has 0 aromatic heterocycles. The third-order valence-electron chi connectivity index (χ3n) is 5.05. The van der Waals surface area contributed by atoms with Crippen molar-refractivity contribution in [2.75, 3.05) is 0 Å². The molecular weight excluding hydrogens is 414 g/mol. The average Bonchev–Trinajstić information content (AvgIpc) is 2.15. The quantitative estimate of drug-likeness (QED) is 0.208. The summed E-state index contributed by atoms with van der Waals surface area (Å²) in [5.41, 5.74) is 0. The summed E-state index contributed by atoms with van der Waals surface area (Å²) in [5, 5.41) is 11.7. The van der Waals surface area contributed by atoms with E-state index < -0.39 is 14.3 Å². The van der Waals surface area contributed by atoms with Crippen LogP contribution in [0.4, 0.5) is 0 Å². The van der Waals surface area contributed by atoms with Crippen molar-refractivity contribution in [2.24, 2.45) is 4.52 Å². The average molecular weight is 469 g/mol. The van der Waals surface area contributed by atoms with Gasteiger partial charge in [0.25, 0.3) is 0 Å². The van der Waals surface area contributed by atoms with E-state index in [0.29, 0.717) is 0 Å². The molecule has 0 aliphatic heterocycles. The molecule has 0 fully saturated rings. The van der Waals surface area contributed by atoms with Crippen molar-refractivity contribution in [2.45, 2.75) is 130 Å². The number of hydrogen-bond acceptors (Lipinski definition) is 0. The third-order valence-corrected chi connectivity index (χ3v) is 16.7. The predicted molar refractivity (Wildman–Crippen MR) is 138 cm³/mol. The van der Waals surface area contributed by atoms with Gasteiger partial charge in [0, 0.05) is 0 Å². The van der Waals surface area contributed by atoms with Crippen LogP contribution in [0.2, 0.25) is 0 Å². The van der Waals surface area contributed by atoms with Gasteiger partial charge in [-0.05, 0) is 32.8 Å². The molecule has 0 atom stereocenters. The van der Waals surface area contributed by atoms with Crippen LogP contribution in [-0.4, -0.2) is 25.8 Å². The van der Waals surface area contributed by atoms with Crippen LogP contribution in [0, 0.1) is 22.3 Å². The van der Waals surface area contributed by atoms with E-state index in [1.54, 1.807) is 0 Å². The van der Waals surface area contributed by atoms with E-state index in [-0.39, 0.29) is 69.8 Å². The van der Waals surface area contributed by atoms with Crippen molar-refractivity contribution in [1.29, 1.82) is 0 Å². The maximum Gasteiger partial charge on any atom is 4.00 e. The van der Waals surface area contributed by atoms with Crippen LogP contribution in [0.1, 0.15) is 104 Å². The number of rotatable bonds is 1. The second-order valence-electron chi connectivity index (χ2n) is 12.2. The van der Waals surface area contributed by atoms with Gasteiger partial charge in [0.1, 0.15) is 0 Å². The molecular formula is C23H54N2P2Ti. The van der Waals surface area contributed by atoms with Gasteiger partial charge in [-0.2, -0.15) is 0 Å². The van der Waals surface area contributed by atoms with E-state index in [9.17, 15) is 5.16 Å². The third kappa shape index (κ3) is 6.84. The Morgan fingerprint density at radius 1 is 0.464 bits per heavy atom. The van der Waals surface area contributed by atoms with E-state index in [4.69, 9.17) is 4.52 Å². The summed E-state index contributed by atoms with van der Waals surface area (Å²) in [4.78, 5) is 0. The second-order valence-corrected chi connectivity index (χ2v) is 22.1. The van der Waals surface area contributed by atoms with Crippen LogP contribution < -0.4 is 0 Å². The van der Waals surface area contributed by atoms with Gasteiger partial charge >= 0.3 is 21.7 Å². The molecule has 0 aromatic carbocycles. The van der Waals surface area contributed by atoms with Crippen LogP contribution in [0.25, 0.3) is 5.16 Å². The van der Waals surface area contributed by atoms with Crippen molar-refractivity contribution in [3.8, 4) is 0 Å². The van der Waals surface area contributed by atoms with Crippen LogP contribution in [0.3, 0.4) is 0 Å². The van der Waals surface area contributed by atoms with Crippen LogP contribution >= 0.6 is 14.3 Å². The molecule has 0 rings (SSSR count). The Hall–Kier alpha value is 1.17. The molecule has 0 aliphatic rings. The van der Waals surface area contributed by atoms with E-state index >= 15 is 0 Å². The predicted octanol–water partition coefficient (Wildman–Crippen LogP) is 10.2. The molecule has 0 saturated heterocycles. The maximum atomic E-state index is 12.1. The van der Waals surface area contributed by atoms with Gasteiger partial charge < -0.3 is 32.0 Å². The minimum absolute atomic E-state index is 0. The van der Waals surface area contributed by atoms with Gasteiger partial charge in [0.2, 0.25) is 0 Å². The van der Waals surface area contributed by atoms with Crippen molar-refractivity contribution >= 4 is 14.3 Å². The summed E-state index contributed by atoms with van der Waals surface area (Å²) >= 11 is 0. The van der Waals surface area contributed by atoms with Crippen molar-refractivity contribution < 1.29 is 21.7 Å². The topological polar surface area (TPSA) is 34.7 Å². The standard InChI is InChI=1S/C20H45N2P2.3CH3.Ti/c1-16(2,3)23(17(4,5)6,18(7,8)9)22-24(21,19(10,11)12)20(13,14)15;;;;/h1-15H3;3*1H3;/q4*-1;+4. The molecule has 0 bridgehead atoms. The molecule has 0 unspecified atom stereocenters. The zero-order chi connectivity index (χ0) is 20.2. The van der Waals surface area contributed by atoms with Crippen LogP contribution in [0.15, 0.2) is 4.52 Å². The van der Waals surface area contributed by atoms with Gasteiger partial charge in [-0.25, -0.2) is 0 Å². The molecule has 2 nitrogen and oxygen atoms in total. The first kappa shape index (κ1) is 39.6. The molecule has 0 radical (unpaired) electrons. The molecule has 170 valence electrons. The summed E-state index contributed by atoms with van der Waals surface area (Å²) in [6.45, 7) is 34.0. The Balaban J connectivity index is -0.000000441. The Morgan fingerprint density at radius 2 is 0.643 bits per heavy atom. The molecule has 0 aliphatic carbocycles. The normalized spacial score (nSPS) is 14.0. The smallest absolute Gasteiger partial charge is 0.789 e. The zero-order valence-corrected chi connectivity index (χ0v) is 26.1. The minimum Gasteiger partial charge on any atom is -0.789 e. The molecule has 0 N–H and O–H groups in total. The molecule has 0 aromatic rings. The summed E-state index contributed by atoms with van der Waals surface area (Å²) in [6.07, 6.45) is 0. The minimum atomic E-state index is -2.57. The van der Waals surface area contributed by atoms with Gasteiger partial charge in [0.05, 0.1) is 0 Å². The molecule has 28 heavy (non-hydrogen) atoms. The number of hydrogen-bond donors (Lipinski definition) is 0. The molecule has 0 amide bonds. The fraction of sp³-hybridized carbons (Fsp3) is 0.870. The van der Waals surface area contributed by atoms with Gasteiger partial charge in [-0.15, -0.1) is 7.21 Å². The van der Waals surface area contributed by atoms with Crippen LogP contribution in [-0.2, 0) is 21.7 Å². The van der Waals surface area contributed by atoms with Gasteiger partial charge in [0.15, 0.2) is 0 Å². The van der Waals surface area contributed by atoms with E-state index in [1.807, 2.05) is 0 Å². The first-order valence-corrected chi connectivity index (χ1v) is 12.7.